The Kier molecular flexibility index (Phi) is 5.03. The summed E-state index contributed by atoms with van der Waals surface area (Å²) in [4.78, 5) is 17.3. The van der Waals surface area contributed by atoms with Crippen LogP contribution in [0.25, 0.3) is 5.65 Å². The second kappa shape index (κ2) is 7.35. The summed E-state index contributed by atoms with van der Waals surface area (Å²) in [5.74, 6) is -1.20. The number of rotatable bonds is 3. The topological polar surface area (TPSA) is 59.7 Å². The van der Waals surface area contributed by atoms with E-state index in [2.05, 4.69) is 10.1 Å². The lowest BCUT2D eigenvalue weighted by Gasteiger charge is -2.30. The Labute approximate surface area is 160 Å². The molecule has 0 spiro atoms. The predicted molar refractivity (Wildman–Crippen MR) is 94.8 cm³/mol. The average molecular weight is 396 g/mol. The molecular weight excluding hydrogens is 373 g/mol. The van der Waals surface area contributed by atoms with E-state index in [0.29, 0.717) is 38.2 Å². The molecule has 1 unspecified atom stereocenters. The lowest BCUT2D eigenvalue weighted by molar-refractivity contribution is -0.182. The van der Waals surface area contributed by atoms with Crippen molar-refractivity contribution in [2.24, 2.45) is 5.92 Å². The molecule has 1 aliphatic carbocycles. The molecule has 9 heteroatoms. The number of morpholine rings is 1. The van der Waals surface area contributed by atoms with Crippen molar-refractivity contribution in [1.29, 1.82) is 0 Å². The molecule has 2 aromatic rings. The van der Waals surface area contributed by atoms with Crippen molar-refractivity contribution in [1.82, 2.24) is 19.5 Å². The molecule has 0 bridgehead atoms. The van der Waals surface area contributed by atoms with Gasteiger partial charge in [0, 0.05) is 24.2 Å². The highest BCUT2D eigenvalue weighted by Gasteiger charge is 2.42. The molecule has 1 saturated heterocycles. The third-order valence-electron chi connectivity index (χ3n) is 5.79. The fourth-order valence-corrected chi connectivity index (χ4v) is 4.24. The molecule has 2 aliphatic rings. The molecule has 0 radical (unpaired) electrons. The summed E-state index contributed by atoms with van der Waals surface area (Å²) in [5.41, 5.74) is 3.06. The molecule has 2 aromatic heterocycles. The van der Waals surface area contributed by atoms with E-state index in [1.54, 1.807) is 9.42 Å². The largest absolute Gasteiger partial charge is 0.391 e. The maximum absolute atomic E-state index is 12.9. The minimum Gasteiger partial charge on any atom is -0.368 e. The quantitative estimate of drug-likeness (QED) is 0.746. The number of halogens is 3. The van der Waals surface area contributed by atoms with Gasteiger partial charge in [-0.3, -0.25) is 4.79 Å². The number of fused-ring (bicyclic) bond motifs is 1. The molecule has 0 N–H and O–H groups in total. The number of alkyl halides is 3. The van der Waals surface area contributed by atoms with Gasteiger partial charge in [0.2, 0.25) is 6.41 Å². The Hall–Kier alpha value is -2.16. The molecule has 3 heterocycles. The Bertz CT molecular complexity index is 859. The average Bonchev–Trinajstić information content (AvgIpc) is 3.10. The Balaban J connectivity index is 1.60. The molecule has 1 atom stereocenters. The van der Waals surface area contributed by atoms with Crippen molar-refractivity contribution in [2.75, 3.05) is 19.7 Å². The van der Waals surface area contributed by atoms with Crippen molar-refractivity contribution in [3.05, 3.63) is 29.2 Å². The van der Waals surface area contributed by atoms with Crippen LogP contribution in [-0.2, 0) is 9.53 Å². The molecular formula is C19H23F3N4O2. The van der Waals surface area contributed by atoms with Crippen LogP contribution in [0, 0.1) is 12.8 Å². The lowest BCUT2D eigenvalue weighted by Crippen LogP contribution is -2.38. The highest BCUT2D eigenvalue weighted by molar-refractivity contribution is 5.48. The van der Waals surface area contributed by atoms with E-state index in [4.69, 9.17) is 4.74 Å². The second-order valence-corrected chi connectivity index (χ2v) is 7.71. The van der Waals surface area contributed by atoms with Crippen molar-refractivity contribution in [2.45, 2.75) is 50.8 Å². The van der Waals surface area contributed by atoms with Gasteiger partial charge in [-0.25, -0.2) is 9.50 Å². The van der Waals surface area contributed by atoms with Crippen LogP contribution in [0.15, 0.2) is 12.1 Å². The minimum absolute atomic E-state index is 0.00667. The van der Waals surface area contributed by atoms with E-state index in [9.17, 15) is 18.0 Å². The third-order valence-corrected chi connectivity index (χ3v) is 5.79. The van der Waals surface area contributed by atoms with E-state index in [0.717, 1.165) is 23.5 Å². The molecule has 1 saturated carbocycles. The van der Waals surface area contributed by atoms with Crippen LogP contribution in [0.2, 0.25) is 0 Å². The fourth-order valence-electron chi connectivity index (χ4n) is 4.24. The van der Waals surface area contributed by atoms with Crippen LogP contribution in [0.1, 0.15) is 54.8 Å². The number of amides is 1. The first kappa shape index (κ1) is 19.2. The number of aryl methyl sites for hydroxylation is 1. The van der Waals surface area contributed by atoms with Crippen molar-refractivity contribution < 1.29 is 22.7 Å². The van der Waals surface area contributed by atoms with Gasteiger partial charge in [0.05, 0.1) is 30.5 Å². The maximum Gasteiger partial charge on any atom is 0.391 e. The smallest absolute Gasteiger partial charge is 0.368 e. The van der Waals surface area contributed by atoms with E-state index < -0.39 is 12.1 Å². The van der Waals surface area contributed by atoms with Crippen LogP contribution in [0.4, 0.5) is 13.2 Å². The number of carbonyl (C=O) groups excluding carboxylic acids is 1. The normalized spacial score (nSPS) is 26.6. The molecule has 1 amide bonds. The molecule has 1 aliphatic heterocycles. The summed E-state index contributed by atoms with van der Waals surface area (Å²) >= 11 is 0. The number of hydrogen-bond donors (Lipinski definition) is 0. The Morgan fingerprint density at radius 3 is 2.64 bits per heavy atom. The first-order chi connectivity index (χ1) is 13.3. The summed E-state index contributed by atoms with van der Waals surface area (Å²) in [6.45, 7) is 3.32. The van der Waals surface area contributed by atoms with Gasteiger partial charge in [0.1, 0.15) is 6.10 Å². The van der Waals surface area contributed by atoms with E-state index in [-0.39, 0.29) is 24.9 Å². The molecule has 152 valence electrons. The van der Waals surface area contributed by atoms with Gasteiger partial charge in [-0.2, -0.15) is 18.3 Å². The maximum atomic E-state index is 12.9. The summed E-state index contributed by atoms with van der Waals surface area (Å²) < 4.78 is 46.4. The zero-order valence-electron chi connectivity index (χ0n) is 15.7. The van der Waals surface area contributed by atoms with E-state index in [1.807, 2.05) is 19.1 Å². The zero-order valence-corrected chi connectivity index (χ0v) is 15.7. The van der Waals surface area contributed by atoms with Gasteiger partial charge >= 0.3 is 6.18 Å². The highest BCUT2D eigenvalue weighted by atomic mass is 19.4. The predicted octanol–water partition coefficient (Wildman–Crippen LogP) is 3.40. The van der Waals surface area contributed by atoms with Crippen LogP contribution >= 0.6 is 0 Å². The SMILES string of the molecule is Cc1cc(C2CN(C=O)CCO2)n2nc(C3CCC(C(F)(F)F)CC3)cc2n1. The first-order valence-electron chi connectivity index (χ1n) is 9.60. The van der Waals surface area contributed by atoms with Crippen LogP contribution in [0.5, 0.6) is 0 Å². The lowest BCUT2D eigenvalue weighted by atomic mass is 9.80. The molecule has 2 fully saturated rings. The van der Waals surface area contributed by atoms with Crippen molar-refractivity contribution >= 4 is 12.1 Å². The highest BCUT2D eigenvalue weighted by Crippen LogP contribution is 2.42. The first-order valence-corrected chi connectivity index (χ1v) is 9.60. The summed E-state index contributed by atoms with van der Waals surface area (Å²) in [7, 11) is 0. The summed E-state index contributed by atoms with van der Waals surface area (Å²) in [5, 5.41) is 4.68. The van der Waals surface area contributed by atoms with Crippen molar-refractivity contribution in [3.63, 3.8) is 0 Å². The van der Waals surface area contributed by atoms with Gasteiger partial charge in [-0.05, 0) is 38.7 Å². The van der Waals surface area contributed by atoms with Gasteiger partial charge in [-0.1, -0.05) is 0 Å². The number of carbonyl (C=O) groups is 1. The van der Waals surface area contributed by atoms with Gasteiger partial charge in [0.15, 0.2) is 5.65 Å². The molecule has 6 nitrogen and oxygen atoms in total. The Morgan fingerprint density at radius 2 is 1.96 bits per heavy atom. The van der Waals surface area contributed by atoms with Crippen LogP contribution in [-0.4, -0.2) is 51.8 Å². The second-order valence-electron chi connectivity index (χ2n) is 7.71. The number of nitrogens with zero attached hydrogens (tertiary/aromatic N) is 4. The van der Waals surface area contributed by atoms with Crippen LogP contribution in [0.3, 0.4) is 0 Å². The summed E-state index contributed by atoms with van der Waals surface area (Å²) in [6.07, 6.45) is -2.38. The molecule has 0 aromatic carbocycles. The van der Waals surface area contributed by atoms with E-state index in [1.165, 1.54) is 0 Å². The fraction of sp³-hybridized carbons (Fsp3) is 0.632. The Morgan fingerprint density at radius 1 is 1.21 bits per heavy atom. The van der Waals surface area contributed by atoms with Crippen LogP contribution < -0.4 is 0 Å². The minimum atomic E-state index is -4.11. The molecule has 28 heavy (non-hydrogen) atoms. The number of aromatic nitrogens is 3. The monoisotopic (exact) mass is 396 g/mol. The standard InChI is InChI=1S/C19H23F3N4O2/c1-12-8-16(17-10-25(11-27)6-7-28-17)26-18(23-12)9-15(24-26)13-2-4-14(5-3-13)19(20,21)22/h8-9,11,13-14,17H,2-7,10H2,1H3. The van der Waals surface area contributed by atoms with Gasteiger partial charge in [0.25, 0.3) is 0 Å². The zero-order chi connectivity index (χ0) is 19.9. The van der Waals surface area contributed by atoms with E-state index >= 15 is 0 Å². The van der Waals surface area contributed by atoms with Gasteiger partial charge < -0.3 is 9.64 Å². The van der Waals surface area contributed by atoms with Crippen molar-refractivity contribution in [3.8, 4) is 0 Å². The van der Waals surface area contributed by atoms with Gasteiger partial charge in [-0.15, -0.1) is 0 Å². The third kappa shape index (κ3) is 3.72. The number of ether oxygens (including phenoxy) is 1. The molecule has 4 rings (SSSR count). The number of hydrogen-bond acceptors (Lipinski definition) is 4. The summed E-state index contributed by atoms with van der Waals surface area (Å²) in [6, 6.07) is 3.76.